The summed E-state index contributed by atoms with van der Waals surface area (Å²) in [6, 6.07) is 4.18. The second-order valence-electron chi connectivity index (χ2n) is 6.63. The minimum Gasteiger partial charge on any atom is -0.493 e. The molecule has 0 saturated carbocycles. The molecule has 0 unspecified atom stereocenters. The van der Waals surface area contributed by atoms with Crippen LogP contribution in [0.1, 0.15) is 12.0 Å². The number of methoxy groups -OCH3 is 2. The first kappa shape index (κ1) is 19.9. The summed E-state index contributed by atoms with van der Waals surface area (Å²) in [6.07, 6.45) is 0.446. The van der Waals surface area contributed by atoms with Crippen LogP contribution in [0.3, 0.4) is 0 Å². The van der Waals surface area contributed by atoms with Gasteiger partial charge in [-0.2, -0.15) is 0 Å². The lowest BCUT2D eigenvalue weighted by molar-refractivity contribution is -0.138. The fourth-order valence-corrected chi connectivity index (χ4v) is 3.32. The molecule has 0 aliphatic carbocycles. The average molecular weight is 391 g/mol. The molecule has 9 heteroatoms. The first-order chi connectivity index (χ1) is 13.5. The number of nitrogens with zero attached hydrogens (tertiary/aromatic N) is 2. The molecule has 2 saturated heterocycles. The zero-order chi connectivity index (χ0) is 20.1. The predicted octanol–water partition coefficient (Wildman–Crippen LogP) is 0.416. The van der Waals surface area contributed by atoms with Crippen molar-refractivity contribution in [1.29, 1.82) is 0 Å². The highest BCUT2D eigenvalue weighted by atomic mass is 16.5. The highest BCUT2D eigenvalue weighted by molar-refractivity contribution is 6.05. The van der Waals surface area contributed by atoms with Crippen LogP contribution in [0.2, 0.25) is 0 Å². The SMILES string of the molecule is COc1ccc(CCN2C(=O)N[C@H](CC(=O)N3CCOCC3)C2=O)cc1OC. The molecule has 0 radical (unpaired) electrons. The quantitative estimate of drug-likeness (QED) is 0.677. The van der Waals surface area contributed by atoms with Gasteiger partial charge < -0.3 is 24.4 Å². The van der Waals surface area contributed by atoms with Crippen molar-refractivity contribution in [1.82, 2.24) is 15.1 Å². The summed E-state index contributed by atoms with van der Waals surface area (Å²) in [4.78, 5) is 40.0. The Balaban J connectivity index is 1.57. The van der Waals surface area contributed by atoms with E-state index in [0.29, 0.717) is 44.2 Å². The number of rotatable bonds is 7. The molecule has 0 aromatic heterocycles. The zero-order valence-electron chi connectivity index (χ0n) is 16.1. The molecule has 2 heterocycles. The van der Waals surface area contributed by atoms with E-state index in [0.717, 1.165) is 10.5 Å². The van der Waals surface area contributed by atoms with Crippen LogP contribution in [-0.4, -0.2) is 80.8 Å². The van der Waals surface area contributed by atoms with Gasteiger partial charge in [0.15, 0.2) is 11.5 Å². The maximum atomic E-state index is 12.6. The molecule has 0 bridgehead atoms. The third-order valence-corrected chi connectivity index (χ3v) is 4.92. The molecular weight excluding hydrogens is 366 g/mol. The van der Waals surface area contributed by atoms with E-state index < -0.39 is 12.1 Å². The minimum absolute atomic E-state index is 0.0303. The van der Waals surface area contributed by atoms with Gasteiger partial charge in [-0.1, -0.05) is 6.07 Å². The van der Waals surface area contributed by atoms with Crippen LogP contribution in [-0.2, 0) is 20.7 Å². The van der Waals surface area contributed by atoms with Crippen LogP contribution in [0.4, 0.5) is 4.79 Å². The van der Waals surface area contributed by atoms with E-state index in [1.165, 1.54) is 0 Å². The molecule has 1 aromatic carbocycles. The highest BCUT2D eigenvalue weighted by Crippen LogP contribution is 2.28. The topological polar surface area (TPSA) is 97.4 Å². The van der Waals surface area contributed by atoms with Crippen molar-refractivity contribution < 1.29 is 28.6 Å². The maximum absolute atomic E-state index is 12.6. The van der Waals surface area contributed by atoms with Crippen LogP contribution in [0.5, 0.6) is 11.5 Å². The van der Waals surface area contributed by atoms with Crippen LogP contribution in [0.15, 0.2) is 18.2 Å². The standard InChI is InChI=1S/C19H25N3O6/c1-26-15-4-3-13(11-16(15)27-2)5-6-22-18(24)14(20-19(22)25)12-17(23)21-7-9-28-10-8-21/h3-4,11,14H,5-10,12H2,1-2H3,(H,20,25)/t14-/m1/s1. The fourth-order valence-electron chi connectivity index (χ4n) is 3.32. The molecule has 9 nitrogen and oxygen atoms in total. The van der Waals surface area contributed by atoms with Gasteiger partial charge in [0.2, 0.25) is 5.91 Å². The molecular formula is C19H25N3O6. The molecule has 2 fully saturated rings. The molecule has 3 rings (SSSR count). The Morgan fingerprint density at radius 2 is 1.89 bits per heavy atom. The van der Waals surface area contributed by atoms with Gasteiger partial charge in [-0.25, -0.2) is 4.79 Å². The molecule has 2 aliphatic heterocycles. The predicted molar refractivity (Wildman–Crippen MR) is 99.3 cm³/mol. The second kappa shape index (κ2) is 8.92. The third kappa shape index (κ3) is 4.36. The Morgan fingerprint density at radius 3 is 2.57 bits per heavy atom. The molecule has 1 aromatic rings. The molecule has 152 valence electrons. The van der Waals surface area contributed by atoms with Gasteiger partial charge >= 0.3 is 6.03 Å². The smallest absolute Gasteiger partial charge is 0.324 e. The van der Waals surface area contributed by atoms with Gasteiger partial charge in [-0.3, -0.25) is 14.5 Å². The summed E-state index contributed by atoms with van der Waals surface area (Å²) in [5.41, 5.74) is 0.908. The molecule has 2 aliphatic rings. The lowest BCUT2D eigenvalue weighted by atomic mass is 10.1. The normalized spacial score (nSPS) is 19.6. The highest BCUT2D eigenvalue weighted by Gasteiger charge is 2.39. The van der Waals surface area contributed by atoms with Crippen LogP contribution in [0, 0.1) is 0 Å². The third-order valence-electron chi connectivity index (χ3n) is 4.92. The van der Waals surface area contributed by atoms with Crippen molar-refractivity contribution in [2.45, 2.75) is 18.9 Å². The lowest BCUT2D eigenvalue weighted by Gasteiger charge is -2.27. The van der Waals surface area contributed by atoms with Crippen LogP contribution >= 0.6 is 0 Å². The number of amides is 4. The molecule has 0 spiro atoms. The molecule has 1 N–H and O–H groups in total. The zero-order valence-corrected chi connectivity index (χ0v) is 16.1. The van der Waals surface area contributed by atoms with Crippen molar-refractivity contribution >= 4 is 17.8 Å². The Morgan fingerprint density at radius 1 is 1.18 bits per heavy atom. The number of nitrogens with one attached hydrogen (secondary N) is 1. The summed E-state index contributed by atoms with van der Waals surface area (Å²) in [5, 5.41) is 2.61. The van der Waals surface area contributed by atoms with Crippen molar-refractivity contribution in [2.24, 2.45) is 0 Å². The Kier molecular flexibility index (Phi) is 6.35. The second-order valence-corrected chi connectivity index (χ2v) is 6.63. The molecule has 4 amide bonds. The van der Waals surface area contributed by atoms with Crippen molar-refractivity contribution in [3.8, 4) is 11.5 Å². The van der Waals surface area contributed by atoms with Gasteiger partial charge in [-0.15, -0.1) is 0 Å². The maximum Gasteiger partial charge on any atom is 0.324 e. The Labute approximate surface area is 163 Å². The van der Waals surface area contributed by atoms with E-state index in [9.17, 15) is 14.4 Å². The number of benzene rings is 1. The number of imide groups is 1. The van der Waals surface area contributed by atoms with E-state index in [1.54, 1.807) is 25.2 Å². The summed E-state index contributed by atoms with van der Waals surface area (Å²) >= 11 is 0. The summed E-state index contributed by atoms with van der Waals surface area (Å²) < 4.78 is 15.7. The monoisotopic (exact) mass is 391 g/mol. The number of carbonyl (C=O) groups is 3. The average Bonchev–Trinajstić information content (AvgIpc) is 2.99. The van der Waals surface area contributed by atoms with Crippen LogP contribution in [0.25, 0.3) is 0 Å². The van der Waals surface area contributed by atoms with Crippen LogP contribution < -0.4 is 14.8 Å². The van der Waals surface area contributed by atoms with Gasteiger partial charge in [0, 0.05) is 19.6 Å². The Hall–Kier alpha value is -2.81. The first-order valence-electron chi connectivity index (χ1n) is 9.21. The summed E-state index contributed by atoms with van der Waals surface area (Å²) in [5.74, 6) is 0.685. The van der Waals surface area contributed by atoms with E-state index in [-0.39, 0.29) is 24.8 Å². The minimum atomic E-state index is -0.812. The van der Waals surface area contributed by atoms with E-state index in [4.69, 9.17) is 14.2 Å². The summed E-state index contributed by atoms with van der Waals surface area (Å²) in [6.45, 7) is 2.23. The van der Waals surface area contributed by atoms with Gasteiger partial charge in [0.05, 0.1) is 33.9 Å². The number of urea groups is 1. The van der Waals surface area contributed by atoms with Gasteiger partial charge in [0.1, 0.15) is 6.04 Å². The number of ether oxygens (including phenoxy) is 3. The number of morpholine rings is 1. The lowest BCUT2D eigenvalue weighted by Crippen LogP contribution is -2.44. The Bertz CT molecular complexity index is 747. The van der Waals surface area contributed by atoms with Crippen molar-refractivity contribution in [3.63, 3.8) is 0 Å². The largest absolute Gasteiger partial charge is 0.493 e. The number of hydrogen-bond donors (Lipinski definition) is 1. The van der Waals surface area contributed by atoms with Gasteiger partial charge in [-0.05, 0) is 24.1 Å². The van der Waals surface area contributed by atoms with Crippen molar-refractivity contribution in [3.05, 3.63) is 23.8 Å². The van der Waals surface area contributed by atoms with E-state index in [1.807, 2.05) is 12.1 Å². The first-order valence-corrected chi connectivity index (χ1v) is 9.21. The summed E-state index contributed by atoms with van der Waals surface area (Å²) in [7, 11) is 3.11. The number of carbonyl (C=O) groups excluding carboxylic acids is 3. The van der Waals surface area contributed by atoms with Gasteiger partial charge in [0.25, 0.3) is 5.91 Å². The number of hydrogen-bond acceptors (Lipinski definition) is 6. The van der Waals surface area contributed by atoms with E-state index >= 15 is 0 Å². The van der Waals surface area contributed by atoms with Crippen molar-refractivity contribution in [2.75, 3.05) is 47.1 Å². The van der Waals surface area contributed by atoms with E-state index in [2.05, 4.69) is 5.32 Å². The molecule has 1 atom stereocenters. The fraction of sp³-hybridized carbons (Fsp3) is 0.526. The molecule has 28 heavy (non-hydrogen) atoms.